The number of benzene rings is 1. The molecule has 0 aliphatic carbocycles. The van der Waals surface area contributed by atoms with Crippen LogP contribution in [0.3, 0.4) is 0 Å². The summed E-state index contributed by atoms with van der Waals surface area (Å²) < 4.78 is 35.3. The van der Waals surface area contributed by atoms with Crippen LogP contribution in [0.1, 0.15) is 5.56 Å². The molecule has 0 fully saturated rings. The van der Waals surface area contributed by atoms with Gasteiger partial charge >= 0.3 is 57.6 Å². The molecule has 0 nitrogen and oxygen atoms in total. The average Bonchev–Trinajstić information content (AvgIpc) is 1.88. The van der Waals surface area contributed by atoms with Crippen LogP contribution in [0.25, 0.3) is 0 Å². The van der Waals surface area contributed by atoms with Gasteiger partial charge in [0.05, 0.1) is 5.56 Å². The van der Waals surface area contributed by atoms with E-state index in [1.165, 1.54) is 12.1 Å². The first-order valence-corrected chi connectivity index (χ1v) is 2.64. The van der Waals surface area contributed by atoms with Crippen molar-refractivity contribution in [3.63, 3.8) is 0 Å². The Hall–Kier alpha value is 0.646. The molecule has 1 aromatic carbocycles. The SMILES string of the molecule is FC(F)(F)c1c[c]ccc1.[KH]. The van der Waals surface area contributed by atoms with Crippen molar-refractivity contribution in [1.29, 1.82) is 0 Å². The molecule has 0 bridgehead atoms. The van der Waals surface area contributed by atoms with Gasteiger partial charge in [0, 0.05) is 0 Å². The minimum atomic E-state index is -4.24. The van der Waals surface area contributed by atoms with Gasteiger partial charge in [-0.2, -0.15) is 13.2 Å². The molecule has 0 spiro atoms. The average molecular weight is 185 g/mol. The van der Waals surface area contributed by atoms with Crippen LogP contribution < -0.4 is 0 Å². The summed E-state index contributed by atoms with van der Waals surface area (Å²) in [6.07, 6.45) is -4.24. The van der Waals surface area contributed by atoms with E-state index < -0.39 is 11.7 Å². The Bertz CT molecular complexity index is 205. The zero-order valence-corrected chi connectivity index (χ0v) is 4.94. The number of alkyl halides is 3. The summed E-state index contributed by atoms with van der Waals surface area (Å²) in [4.78, 5) is 0. The van der Waals surface area contributed by atoms with E-state index in [-0.39, 0.29) is 51.4 Å². The van der Waals surface area contributed by atoms with E-state index in [1.54, 1.807) is 0 Å². The monoisotopic (exact) mass is 185 g/mol. The van der Waals surface area contributed by atoms with Crippen LogP contribution in [-0.4, -0.2) is 51.4 Å². The molecule has 0 N–H and O–H groups in total. The van der Waals surface area contributed by atoms with E-state index in [1.807, 2.05) is 0 Å². The van der Waals surface area contributed by atoms with Crippen LogP contribution in [0.15, 0.2) is 24.3 Å². The third kappa shape index (κ3) is 3.71. The summed E-state index contributed by atoms with van der Waals surface area (Å²) in [6, 6.07) is 7.01. The predicted molar refractivity (Wildman–Crippen MR) is 37.4 cm³/mol. The van der Waals surface area contributed by atoms with Gasteiger partial charge in [0.1, 0.15) is 0 Å². The second kappa shape index (κ2) is 4.62. The van der Waals surface area contributed by atoms with E-state index in [4.69, 9.17) is 0 Å². The molecule has 0 unspecified atom stereocenters. The second-order valence-electron chi connectivity index (χ2n) is 1.79. The normalized spacial score (nSPS) is 10.5. The third-order valence-electron chi connectivity index (χ3n) is 1.03. The van der Waals surface area contributed by atoms with E-state index in [0.29, 0.717) is 0 Å². The molecule has 0 heterocycles. The zero-order chi connectivity index (χ0) is 7.61. The van der Waals surface area contributed by atoms with E-state index in [0.717, 1.165) is 12.1 Å². The topological polar surface area (TPSA) is 0 Å². The molecular weight excluding hydrogens is 180 g/mol. The molecule has 1 rings (SSSR count). The van der Waals surface area contributed by atoms with Gasteiger partial charge in [-0.3, -0.25) is 0 Å². The molecule has 11 heavy (non-hydrogen) atoms. The fourth-order valence-electron chi connectivity index (χ4n) is 0.570. The van der Waals surface area contributed by atoms with Gasteiger partial charge in [0.2, 0.25) is 0 Å². The summed E-state index contributed by atoms with van der Waals surface area (Å²) >= 11 is 0. The van der Waals surface area contributed by atoms with Crippen molar-refractivity contribution in [2.24, 2.45) is 0 Å². The zero-order valence-electron chi connectivity index (χ0n) is 4.94. The third-order valence-corrected chi connectivity index (χ3v) is 1.03. The summed E-state index contributed by atoms with van der Waals surface area (Å²) in [5.41, 5.74) is -0.657. The van der Waals surface area contributed by atoms with Gasteiger partial charge in [0.25, 0.3) is 0 Å². The Kier molecular flexibility index (Phi) is 4.89. The van der Waals surface area contributed by atoms with Crippen molar-refractivity contribution in [3.8, 4) is 0 Å². The fourth-order valence-corrected chi connectivity index (χ4v) is 0.570. The Morgan fingerprint density at radius 2 is 1.91 bits per heavy atom. The van der Waals surface area contributed by atoms with Gasteiger partial charge in [-0.1, -0.05) is 12.1 Å². The summed E-state index contributed by atoms with van der Waals surface area (Å²) in [7, 11) is 0. The summed E-state index contributed by atoms with van der Waals surface area (Å²) in [6.45, 7) is 0. The van der Waals surface area contributed by atoms with Crippen molar-refractivity contribution in [1.82, 2.24) is 0 Å². The molecular formula is C7H5F3K. The van der Waals surface area contributed by atoms with Gasteiger partial charge in [-0.05, 0) is 18.2 Å². The Morgan fingerprint density at radius 1 is 1.27 bits per heavy atom. The van der Waals surface area contributed by atoms with Crippen LogP contribution >= 0.6 is 0 Å². The quantitative estimate of drug-likeness (QED) is 0.541. The molecule has 0 amide bonds. The van der Waals surface area contributed by atoms with Gasteiger partial charge < -0.3 is 0 Å². The molecule has 4 heteroatoms. The first kappa shape index (κ1) is 11.6. The van der Waals surface area contributed by atoms with Crippen molar-refractivity contribution in [3.05, 3.63) is 35.9 Å². The molecule has 0 aromatic heterocycles. The standard InChI is InChI=1S/C7H4F3.K.H/c8-7(9,10)6-4-2-1-3-5-6;;/h1-2,4-5H;;. The van der Waals surface area contributed by atoms with Crippen LogP contribution in [0.5, 0.6) is 0 Å². The Labute approximate surface area is 105 Å². The van der Waals surface area contributed by atoms with E-state index in [9.17, 15) is 13.2 Å². The van der Waals surface area contributed by atoms with Crippen LogP contribution in [-0.2, 0) is 6.18 Å². The Morgan fingerprint density at radius 3 is 2.18 bits per heavy atom. The molecule has 55 valence electrons. The van der Waals surface area contributed by atoms with Gasteiger partial charge in [0.15, 0.2) is 0 Å². The van der Waals surface area contributed by atoms with Crippen LogP contribution in [0, 0.1) is 6.07 Å². The number of hydrogen-bond acceptors (Lipinski definition) is 0. The number of halogens is 3. The molecule has 1 aromatic rings. The second-order valence-corrected chi connectivity index (χ2v) is 1.79. The molecule has 0 saturated heterocycles. The van der Waals surface area contributed by atoms with Crippen LogP contribution in [0.4, 0.5) is 13.2 Å². The molecule has 0 atom stereocenters. The van der Waals surface area contributed by atoms with Crippen LogP contribution in [0.2, 0.25) is 0 Å². The molecule has 0 aliphatic rings. The summed E-state index contributed by atoms with van der Waals surface area (Å²) in [5, 5.41) is 0. The van der Waals surface area contributed by atoms with Gasteiger partial charge in [-0.25, -0.2) is 0 Å². The number of rotatable bonds is 0. The Balaban J connectivity index is 0.000001000. The first-order valence-electron chi connectivity index (χ1n) is 2.64. The van der Waals surface area contributed by atoms with Crippen molar-refractivity contribution < 1.29 is 13.2 Å². The molecule has 0 saturated carbocycles. The summed E-state index contributed by atoms with van der Waals surface area (Å²) in [5.74, 6) is 0. The maximum absolute atomic E-state index is 11.8. The number of hydrogen-bond donors (Lipinski definition) is 0. The van der Waals surface area contributed by atoms with Gasteiger partial charge in [-0.15, -0.1) is 0 Å². The molecule has 1 radical (unpaired) electrons. The van der Waals surface area contributed by atoms with Crippen molar-refractivity contribution in [2.75, 3.05) is 0 Å². The first-order chi connectivity index (χ1) is 4.61. The van der Waals surface area contributed by atoms with E-state index in [2.05, 4.69) is 6.07 Å². The maximum atomic E-state index is 11.8. The van der Waals surface area contributed by atoms with E-state index >= 15 is 0 Å². The van der Waals surface area contributed by atoms with Crippen molar-refractivity contribution in [2.45, 2.75) is 6.18 Å². The fraction of sp³-hybridized carbons (Fsp3) is 0.143. The predicted octanol–water partition coefficient (Wildman–Crippen LogP) is 1.86. The van der Waals surface area contributed by atoms with Crippen molar-refractivity contribution >= 4 is 51.4 Å². The molecule has 0 aliphatic heterocycles. The minimum absolute atomic E-state index is 0.